The number of nitrogens with one attached hydrogen (secondary N) is 1. The van der Waals surface area contributed by atoms with Crippen LogP contribution in [0.1, 0.15) is 19.8 Å². The van der Waals surface area contributed by atoms with E-state index in [0.717, 1.165) is 12.8 Å². The minimum Gasteiger partial charge on any atom is -0.480 e. The number of carbonyl (C=O) groups is 1. The Labute approximate surface area is 131 Å². The average Bonchev–Trinajstić information content (AvgIpc) is 2.39. The van der Waals surface area contributed by atoms with Crippen LogP contribution < -0.4 is 5.32 Å². The Morgan fingerprint density at radius 1 is 1.36 bits per heavy atom. The monoisotopic (exact) mass is 326 g/mol. The van der Waals surface area contributed by atoms with Crippen LogP contribution in [0.5, 0.6) is 0 Å². The first-order chi connectivity index (χ1) is 10.3. The molecule has 1 aliphatic carbocycles. The van der Waals surface area contributed by atoms with Crippen LogP contribution >= 0.6 is 0 Å². The summed E-state index contributed by atoms with van der Waals surface area (Å²) >= 11 is 0. The van der Waals surface area contributed by atoms with E-state index in [1.807, 2.05) is 11.8 Å². The molecule has 0 unspecified atom stereocenters. The Balaban J connectivity index is 1.97. The van der Waals surface area contributed by atoms with E-state index >= 15 is 0 Å². The summed E-state index contributed by atoms with van der Waals surface area (Å²) < 4.78 is 23.5. The number of para-hydroxylation sites is 1. The normalized spacial score (nSPS) is 21.4. The zero-order valence-electron chi connectivity index (χ0n) is 12.8. The summed E-state index contributed by atoms with van der Waals surface area (Å²) in [6.45, 7) is 2.69. The Kier molecular flexibility index (Phi) is 5.08. The lowest BCUT2D eigenvalue weighted by Crippen LogP contribution is -2.51. The Bertz CT molecular complexity index is 639. The van der Waals surface area contributed by atoms with Crippen LogP contribution in [0.25, 0.3) is 0 Å². The summed E-state index contributed by atoms with van der Waals surface area (Å²) in [6, 6.07) is 7.28. The van der Waals surface area contributed by atoms with Gasteiger partial charge in [-0.05, 0) is 31.5 Å². The zero-order chi connectivity index (χ0) is 16.3. The van der Waals surface area contributed by atoms with Gasteiger partial charge < -0.3 is 10.4 Å². The van der Waals surface area contributed by atoms with Crippen molar-refractivity contribution in [3.8, 4) is 0 Å². The molecule has 0 aromatic heterocycles. The summed E-state index contributed by atoms with van der Waals surface area (Å²) in [4.78, 5) is 13.1. The first kappa shape index (κ1) is 16.8. The Morgan fingerprint density at radius 2 is 2.00 bits per heavy atom. The van der Waals surface area contributed by atoms with E-state index in [9.17, 15) is 13.2 Å². The fourth-order valence-corrected chi connectivity index (χ4v) is 3.66. The van der Waals surface area contributed by atoms with Gasteiger partial charge in [0.15, 0.2) is 9.84 Å². The first-order valence-corrected chi connectivity index (χ1v) is 9.22. The molecular weight excluding hydrogens is 304 g/mol. The van der Waals surface area contributed by atoms with Crippen molar-refractivity contribution in [2.24, 2.45) is 0 Å². The molecule has 0 bridgehead atoms. The van der Waals surface area contributed by atoms with Crippen LogP contribution in [0, 0.1) is 0 Å². The second-order valence-corrected chi connectivity index (χ2v) is 7.68. The number of carboxylic acid groups (broad SMARTS) is 1. The molecule has 0 saturated heterocycles. The topological polar surface area (TPSA) is 86.7 Å². The molecule has 7 heteroatoms. The Morgan fingerprint density at radius 3 is 2.55 bits per heavy atom. The van der Waals surface area contributed by atoms with Crippen LogP contribution in [0.2, 0.25) is 0 Å². The summed E-state index contributed by atoms with van der Waals surface area (Å²) in [6.07, 6.45) is 2.83. The van der Waals surface area contributed by atoms with Crippen molar-refractivity contribution in [3.05, 3.63) is 24.3 Å². The van der Waals surface area contributed by atoms with Crippen molar-refractivity contribution in [3.63, 3.8) is 0 Å². The van der Waals surface area contributed by atoms with Gasteiger partial charge in [0, 0.05) is 18.3 Å². The maximum absolute atomic E-state index is 11.8. The van der Waals surface area contributed by atoms with Gasteiger partial charge in [-0.15, -0.1) is 0 Å². The summed E-state index contributed by atoms with van der Waals surface area (Å²) in [7, 11) is -3.26. The van der Waals surface area contributed by atoms with Gasteiger partial charge in [-0.3, -0.25) is 9.69 Å². The quantitative estimate of drug-likeness (QED) is 0.788. The van der Waals surface area contributed by atoms with Crippen molar-refractivity contribution in [1.29, 1.82) is 0 Å². The van der Waals surface area contributed by atoms with Gasteiger partial charge in [0.1, 0.15) is 0 Å². The molecule has 1 saturated carbocycles. The number of rotatable bonds is 7. The van der Waals surface area contributed by atoms with E-state index in [2.05, 4.69) is 5.32 Å². The number of sulfone groups is 1. The zero-order valence-corrected chi connectivity index (χ0v) is 13.6. The van der Waals surface area contributed by atoms with Crippen molar-refractivity contribution in [1.82, 2.24) is 4.90 Å². The molecule has 1 aromatic rings. The van der Waals surface area contributed by atoms with Crippen LogP contribution in [0.4, 0.5) is 5.69 Å². The molecule has 1 aromatic carbocycles. The predicted octanol–water partition coefficient (Wildman–Crippen LogP) is 1.44. The van der Waals surface area contributed by atoms with Crippen LogP contribution in [0.15, 0.2) is 29.2 Å². The van der Waals surface area contributed by atoms with Gasteiger partial charge in [-0.25, -0.2) is 8.42 Å². The molecule has 122 valence electrons. The summed E-state index contributed by atoms with van der Waals surface area (Å²) in [5.41, 5.74) is 0.620. The SMILES string of the molecule is CCN(CC(=O)O)C1CC(Nc2ccccc2S(C)(=O)=O)C1. The van der Waals surface area contributed by atoms with E-state index < -0.39 is 15.8 Å². The van der Waals surface area contributed by atoms with Crippen LogP contribution in [0.3, 0.4) is 0 Å². The Hall–Kier alpha value is -1.60. The lowest BCUT2D eigenvalue weighted by atomic mass is 9.85. The molecule has 1 fully saturated rings. The number of nitrogens with zero attached hydrogens (tertiary/aromatic N) is 1. The van der Waals surface area contributed by atoms with Crippen molar-refractivity contribution in [2.45, 2.75) is 36.7 Å². The molecule has 2 rings (SSSR count). The number of benzene rings is 1. The van der Waals surface area contributed by atoms with Gasteiger partial charge in [0.05, 0.1) is 17.1 Å². The lowest BCUT2D eigenvalue weighted by Gasteiger charge is -2.42. The van der Waals surface area contributed by atoms with Gasteiger partial charge >= 0.3 is 5.97 Å². The minimum atomic E-state index is -3.26. The van der Waals surface area contributed by atoms with E-state index in [1.54, 1.807) is 24.3 Å². The maximum atomic E-state index is 11.8. The highest BCUT2D eigenvalue weighted by Gasteiger charge is 2.34. The smallest absolute Gasteiger partial charge is 0.317 e. The van der Waals surface area contributed by atoms with Crippen molar-refractivity contribution in [2.75, 3.05) is 24.7 Å². The molecule has 6 nitrogen and oxygen atoms in total. The standard InChI is InChI=1S/C15H22N2O4S/c1-3-17(10-15(18)19)12-8-11(9-12)16-13-6-4-5-7-14(13)22(2,20)21/h4-7,11-12,16H,3,8-10H2,1-2H3,(H,18,19). The molecule has 0 atom stereocenters. The predicted molar refractivity (Wildman–Crippen MR) is 84.9 cm³/mol. The van der Waals surface area contributed by atoms with E-state index in [1.165, 1.54) is 6.26 Å². The van der Waals surface area contributed by atoms with Gasteiger partial charge in [-0.1, -0.05) is 19.1 Å². The molecule has 0 aliphatic heterocycles. The van der Waals surface area contributed by atoms with Crippen LogP contribution in [-0.2, 0) is 14.6 Å². The molecule has 1 aliphatic rings. The highest BCUT2D eigenvalue weighted by molar-refractivity contribution is 7.90. The van der Waals surface area contributed by atoms with E-state index in [-0.39, 0.29) is 18.6 Å². The number of likely N-dealkylation sites (N-methyl/N-ethyl adjacent to an activating group) is 1. The third-order valence-corrected chi connectivity index (χ3v) is 5.18. The minimum absolute atomic E-state index is 0.0494. The molecule has 0 amide bonds. The fourth-order valence-electron chi connectivity index (χ4n) is 2.81. The molecule has 0 heterocycles. The molecule has 0 spiro atoms. The average molecular weight is 326 g/mol. The van der Waals surface area contributed by atoms with E-state index in [4.69, 9.17) is 5.11 Å². The third-order valence-electron chi connectivity index (χ3n) is 4.02. The van der Waals surface area contributed by atoms with Crippen LogP contribution in [-0.4, -0.2) is 55.8 Å². The number of hydrogen-bond acceptors (Lipinski definition) is 5. The largest absolute Gasteiger partial charge is 0.480 e. The maximum Gasteiger partial charge on any atom is 0.317 e. The number of hydrogen-bond donors (Lipinski definition) is 2. The molecule has 2 N–H and O–H groups in total. The molecular formula is C15H22N2O4S. The van der Waals surface area contributed by atoms with Gasteiger partial charge in [-0.2, -0.15) is 0 Å². The van der Waals surface area contributed by atoms with E-state index in [0.29, 0.717) is 17.1 Å². The van der Waals surface area contributed by atoms with Gasteiger partial charge in [0.2, 0.25) is 0 Å². The van der Waals surface area contributed by atoms with Crippen molar-refractivity contribution < 1.29 is 18.3 Å². The number of anilines is 1. The molecule has 0 radical (unpaired) electrons. The number of aliphatic carboxylic acids is 1. The molecule has 22 heavy (non-hydrogen) atoms. The highest BCUT2D eigenvalue weighted by atomic mass is 32.2. The van der Waals surface area contributed by atoms with Gasteiger partial charge in [0.25, 0.3) is 0 Å². The third kappa shape index (κ3) is 3.98. The first-order valence-electron chi connectivity index (χ1n) is 7.32. The fraction of sp³-hybridized carbons (Fsp3) is 0.533. The lowest BCUT2D eigenvalue weighted by molar-refractivity contribution is -0.139. The summed E-state index contributed by atoms with van der Waals surface area (Å²) in [5.74, 6) is -0.819. The number of carboxylic acids is 1. The highest BCUT2D eigenvalue weighted by Crippen LogP contribution is 2.30. The second-order valence-electron chi connectivity index (χ2n) is 5.69. The second kappa shape index (κ2) is 6.66. The van der Waals surface area contributed by atoms with Crippen molar-refractivity contribution >= 4 is 21.5 Å². The summed E-state index contributed by atoms with van der Waals surface area (Å²) in [5, 5.41) is 12.1.